The number of halogens is 4. The third-order valence-corrected chi connectivity index (χ3v) is 4.38. The lowest BCUT2D eigenvalue weighted by Crippen LogP contribution is -2.23. The average Bonchev–Trinajstić information content (AvgIpc) is 2.58. The maximum absolute atomic E-state index is 13.0. The van der Waals surface area contributed by atoms with Gasteiger partial charge in [0.1, 0.15) is 5.56 Å². The normalized spacial score (nSPS) is 11.6. The fourth-order valence-corrected chi connectivity index (χ4v) is 2.77. The second-order valence-electron chi connectivity index (χ2n) is 5.62. The fraction of sp³-hybridized carbons (Fsp3) is 0.111. The molecule has 1 heterocycles. The van der Waals surface area contributed by atoms with Gasteiger partial charge in [-0.15, -0.1) is 0 Å². The minimum atomic E-state index is -4.63. The number of hydrogen-bond acceptors (Lipinski definition) is 2. The first-order valence-corrected chi connectivity index (χ1v) is 7.86. The lowest BCUT2D eigenvalue weighted by Gasteiger charge is -2.13. The van der Waals surface area contributed by atoms with E-state index in [1.54, 1.807) is 6.92 Å². The van der Waals surface area contributed by atoms with Crippen LogP contribution in [0, 0.1) is 6.92 Å². The number of H-pyrrole nitrogens is 1. The highest BCUT2D eigenvalue weighted by Gasteiger charge is 2.33. The molecule has 0 aliphatic carbocycles. The number of rotatable bonds is 2. The van der Waals surface area contributed by atoms with Gasteiger partial charge < -0.3 is 10.3 Å². The highest BCUT2D eigenvalue weighted by Crippen LogP contribution is 2.34. The minimum Gasteiger partial charge on any atom is -0.360 e. The predicted molar refractivity (Wildman–Crippen MR) is 93.7 cm³/mol. The van der Waals surface area contributed by atoms with E-state index >= 15 is 0 Å². The molecule has 1 amide bonds. The Hall–Kier alpha value is -2.80. The van der Waals surface area contributed by atoms with E-state index in [2.05, 4.69) is 10.3 Å². The first-order chi connectivity index (χ1) is 12.2. The van der Waals surface area contributed by atoms with Crippen LogP contribution < -0.4 is 10.7 Å². The molecule has 0 aliphatic heterocycles. The fourth-order valence-electron chi connectivity index (χ4n) is 2.61. The molecular weight excluding hydrogens is 369 g/mol. The number of anilines is 1. The van der Waals surface area contributed by atoms with Gasteiger partial charge in [0.25, 0.3) is 5.91 Å². The number of fused-ring (bicyclic) bond motifs is 1. The van der Waals surface area contributed by atoms with E-state index in [-0.39, 0.29) is 10.9 Å². The van der Waals surface area contributed by atoms with Gasteiger partial charge in [-0.1, -0.05) is 23.7 Å². The summed E-state index contributed by atoms with van der Waals surface area (Å²) < 4.78 is 39.1. The van der Waals surface area contributed by atoms with E-state index in [1.165, 1.54) is 30.5 Å². The summed E-state index contributed by atoms with van der Waals surface area (Å²) in [5.41, 5.74) is -1.20. The Labute approximate surface area is 150 Å². The molecule has 0 spiro atoms. The molecule has 3 aromatic rings. The zero-order chi connectivity index (χ0) is 19.1. The number of carbonyl (C=O) groups excluding carboxylic acids is 1. The molecule has 0 fully saturated rings. The molecule has 0 saturated carbocycles. The standard InChI is InChI=1S/C18H12ClF3N2O2/c1-9-13(19)7-6-10-15(9)23-8-11(16(10)25)17(26)24-14-5-3-2-4-12(14)18(20,21)22/h2-8H,1H3,(H,23,25)(H,24,26). The van der Waals surface area contributed by atoms with Crippen molar-refractivity contribution < 1.29 is 18.0 Å². The lowest BCUT2D eigenvalue weighted by atomic mass is 10.1. The monoisotopic (exact) mass is 380 g/mol. The zero-order valence-corrected chi connectivity index (χ0v) is 14.1. The minimum absolute atomic E-state index is 0.226. The predicted octanol–water partition coefficient (Wildman–Crippen LogP) is 4.76. The Kier molecular flexibility index (Phi) is 4.50. The van der Waals surface area contributed by atoms with Crippen LogP contribution >= 0.6 is 11.6 Å². The Bertz CT molecular complexity index is 1070. The molecule has 134 valence electrons. The van der Waals surface area contributed by atoms with Crippen molar-refractivity contribution in [1.82, 2.24) is 4.98 Å². The van der Waals surface area contributed by atoms with Gasteiger partial charge in [0.05, 0.1) is 16.8 Å². The Morgan fingerprint density at radius 2 is 1.85 bits per heavy atom. The summed E-state index contributed by atoms with van der Waals surface area (Å²) in [6, 6.07) is 7.54. The van der Waals surface area contributed by atoms with E-state index in [0.717, 1.165) is 12.1 Å². The van der Waals surface area contributed by atoms with Crippen LogP contribution in [0.4, 0.5) is 18.9 Å². The van der Waals surface area contributed by atoms with Crippen LogP contribution in [0.15, 0.2) is 47.4 Å². The first-order valence-electron chi connectivity index (χ1n) is 7.48. The van der Waals surface area contributed by atoms with Gasteiger partial charge in [0.2, 0.25) is 5.43 Å². The van der Waals surface area contributed by atoms with Crippen LogP contribution in [0.3, 0.4) is 0 Å². The van der Waals surface area contributed by atoms with Gasteiger partial charge >= 0.3 is 6.18 Å². The smallest absolute Gasteiger partial charge is 0.360 e. The number of pyridine rings is 1. The van der Waals surface area contributed by atoms with Gasteiger partial charge in [-0.05, 0) is 36.8 Å². The number of para-hydroxylation sites is 1. The number of aromatic nitrogens is 1. The molecule has 0 unspecified atom stereocenters. The van der Waals surface area contributed by atoms with Crippen molar-refractivity contribution in [2.24, 2.45) is 0 Å². The van der Waals surface area contributed by atoms with E-state index < -0.39 is 28.8 Å². The van der Waals surface area contributed by atoms with Gasteiger partial charge in [-0.3, -0.25) is 9.59 Å². The van der Waals surface area contributed by atoms with E-state index in [4.69, 9.17) is 11.6 Å². The number of carbonyl (C=O) groups is 1. The van der Waals surface area contributed by atoms with E-state index in [9.17, 15) is 22.8 Å². The average molecular weight is 381 g/mol. The Morgan fingerprint density at radius 1 is 1.15 bits per heavy atom. The van der Waals surface area contributed by atoms with Crippen molar-refractivity contribution in [3.05, 3.63) is 74.5 Å². The summed E-state index contributed by atoms with van der Waals surface area (Å²) >= 11 is 6.00. The third kappa shape index (κ3) is 3.17. The second-order valence-corrected chi connectivity index (χ2v) is 6.03. The van der Waals surface area contributed by atoms with Crippen LogP contribution in [-0.2, 0) is 6.18 Å². The summed E-state index contributed by atoms with van der Waals surface area (Å²) in [7, 11) is 0. The molecule has 0 radical (unpaired) electrons. The van der Waals surface area contributed by atoms with Crippen LogP contribution in [0.2, 0.25) is 5.02 Å². The van der Waals surface area contributed by atoms with Crippen molar-refractivity contribution in [1.29, 1.82) is 0 Å². The molecule has 0 atom stereocenters. The molecule has 8 heteroatoms. The van der Waals surface area contributed by atoms with Gasteiger partial charge in [0, 0.05) is 16.6 Å². The number of hydrogen-bond donors (Lipinski definition) is 2. The molecule has 26 heavy (non-hydrogen) atoms. The summed E-state index contributed by atoms with van der Waals surface area (Å²) in [5, 5.41) is 2.83. The van der Waals surface area contributed by atoms with Crippen molar-refractivity contribution in [3.63, 3.8) is 0 Å². The molecule has 0 saturated heterocycles. The number of alkyl halides is 3. The molecule has 3 rings (SSSR count). The molecule has 2 N–H and O–H groups in total. The molecule has 0 bridgehead atoms. The van der Waals surface area contributed by atoms with Crippen molar-refractivity contribution in [3.8, 4) is 0 Å². The van der Waals surface area contributed by atoms with Crippen molar-refractivity contribution in [2.45, 2.75) is 13.1 Å². The Balaban J connectivity index is 2.04. The summed E-state index contributed by atoms with van der Waals surface area (Å²) in [6.07, 6.45) is -3.47. The van der Waals surface area contributed by atoms with E-state index in [1.807, 2.05) is 0 Å². The number of aromatic amines is 1. The highest BCUT2D eigenvalue weighted by atomic mass is 35.5. The highest BCUT2D eigenvalue weighted by molar-refractivity contribution is 6.32. The maximum Gasteiger partial charge on any atom is 0.418 e. The molecular formula is C18H12ClF3N2O2. The zero-order valence-electron chi connectivity index (χ0n) is 13.4. The maximum atomic E-state index is 13.0. The number of nitrogens with one attached hydrogen (secondary N) is 2. The molecule has 0 aliphatic rings. The topological polar surface area (TPSA) is 62.0 Å². The summed E-state index contributed by atoms with van der Waals surface area (Å²) in [4.78, 5) is 27.8. The van der Waals surface area contributed by atoms with Gasteiger partial charge in [0.15, 0.2) is 0 Å². The number of benzene rings is 2. The first kappa shape index (κ1) is 18.0. The quantitative estimate of drug-likeness (QED) is 0.673. The lowest BCUT2D eigenvalue weighted by molar-refractivity contribution is -0.136. The number of aryl methyl sites for hydroxylation is 1. The third-order valence-electron chi connectivity index (χ3n) is 3.97. The summed E-state index contributed by atoms with van der Waals surface area (Å²) in [5.74, 6) is -0.933. The number of amides is 1. The van der Waals surface area contributed by atoms with Crippen molar-refractivity contribution >= 4 is 34.1 Å². The summed E-state index contributed by atoms with van der Waals surface area (Å²) in [6.45, 7) is 1.71. The van der Waals surface area contributed by atoms with Crippen LogP contribution in [0.1, 0.15) is 21.5 Å². The Morgan fingerprint density at radius 3 is 2.54 bits per heavy atom. The van der Waals surface area contributed by atoms with Crippen LogP contribution in [-0.4, -0.2) is 10.9 Å². The van der Waals surface area contributed by atoms with Gasteiger partial charge in [-0.2, -0.15) is 13.2 Å². The largest absolute Gasteiger partial charge is 0.418 e. The molecule has 2 aromatic carbocycles. The van der Waals surface area contributed by atoms with E-state index in [0.29, 0.717) is 16.1 Å². The second kappa shape index (κ2) is 6.49. The molecule has 1 aromatic heterocycles. The van der Waals surface area contributed by atoms with Crippen LogP contribution in [0.5, 0.6) is 0 Å². The van der Waals surface area contributed by atoms with Gasteiger partial charge in [-0.25, -0.2) is 0 Å². The SMILES string of the molecule is Cc1c(Cl)ccc2c(=O)c(C(=O)Nc3ccccc3C(F)(F)F)c[nH]c12. The molecule has 4 nitrogen and oxygen atoms in total. The van der Waals surface area contributed by atoms with Crippen molar-refractivity contribution in [2.75, 3.05) is 5.32 Å². The van der Waals surface area contributed by atoms with Crippen LogP contribution in [0.25, 0.3) is 10.9 Å².